The average molecular weight is 774 g/mol. The van der Waals surface area contributed by atoms with Crippen LogP contribution in [0.1, 0.15) is 121 Å². The van der Waals surface area contributed by atoms with Gasteiger partial charge in [-0.15, -0.1) is 8.15 Å². The molecule has 9 nitrogen and oxygen atoms in total. The van der Waals surface area contributed by atoms with Crippen molar-refractivity contribution in [3.05, 3.63) is 58.7 Å². The molecule has 52 heavy (non-hydrogen) atoms. The molecule has 0 unspecified atom stereocenters. The topological polar surface area (TPSA) is 106 Å². The second-order valence-corrected chi connectivity index (χ2v) is 23.2. The molecule has 2 saturated carbocycles. The predicted octanol–water partition coefficient (Wildman–Crippen LogP) is 9.38. The first kappa shape index (κ1) is 39.8. The van der Waals surface area contributed by atoms with Gasteiger partial charge in [0.2, 0.25) is 34.4 Å². The van der Waals surface area contributed by atoms with Gasteiger partial charge in [0.15, 0.2) is 0 Å². The van der Waals surface area contributed by atoms with E-state index in [-0.39, 0.29) is 33.1 Å². The molecule has 2 heterocycles. The minimum atomic E-state index is -4.27. The van der Waals surface area contributed by atoms with Gasteiger partial charge in [0, 0.05) is 0 Å². The van der Waals surface area contributed by atoms with Crippen molar-refractivity contribution in [1.29, 1.82) is 0 Å². The molecule has 2 aromatic rings. The molecular formula is C40H60N3O6PS2. The second-order valence-electron chi connectivity index (χ2n) is 17.5. The van der Waals surface area contributed by atoms with Crippen molar-refractivity contribution in [3.63, 3.8) is 0 Å². The summed E-state index contributed by atoms with van der Waals surface area (Å²) in [5.74, 6) is 0.350. The predicted molar refractivity (Wildman–Crippen MR) is 209 cm³/mol. The third-order valence-electron chi connectivity index (χ3n) is 11.4. The summed E-state index contributed by atoms with van der Waals surface area (Å²) in [5.41, 5.74) is 1.96. The summed E-state index contributed by atoms with van der Waals surface area (Å²) in [5, 5.41) is 0. The fourth-order valence-electron chi connectivity index (χ4n) is 8.80. The van der Waals surface area contributed by atoms with Crippen LogP contribution in [-0.4, -0.2) is 61.2 Å². The molecule has 2 aliphatic carbocycles. The van der Waals surface area contributed by atoms with Gasteiger partial charge in [0.1, 0.15) is 12.2 Å². The van der Waals surface area contributed by atoms with Crippen LogP contribution in [0.5, 0.6) is 0 Å². The van der Waals surface area contributed by atoms with Crippen molar-refractivity contribution >= 4 is 34.4 Å². The molecule has 1 saturated heterocycles. The number of nitrogens with zero attached hydrogens (tertiary/aromatic N) is 3. The number of benzene rings is 2. The van der Waals surface area contributed by atoms with Gasteiger partial charge in [-0.2, -0.15) is 0 Å². The summed E-state index contributed by atoms with van der Waals surface area (Å²) >= 11 is 0. The molecule has 0 amide bonds. The molecule has 0 bridgehead atoms. The summed E-state index contributed by atoms with van der Waals surface area (Å²) in [7, 11) is -11.0. The first-order chi connectivity index (χ1) is 24.3. The zero-order valence-electron chi connectivity index (χ0n) is 32.7. The van der Waals surface area contributed by atoms with Crippen LogP contribution in [0.3, 0.4) is 0 Å². The van der Waals surface area contributed by atoms with Gasteiger partial charge in [-0.3, -0.25) is 0 Å². The standard InChI is InChI=1S/C40H60N3O6PS2/c1-27-20-28(2)23-33(22-27)51(44,45)42-36(31-16-12-10-13-17-31)37(32-18-14-11-15-19-32)43(52(46,47)34-24-29(3)21-30(4)25-34)50(42)49-40(8,9)38-41-35(26-48-38)39(5,6)7/h20-25,31-32,35-37H,10-19,26H2,1-9H3/t35-,36-,37-/m1/s1. The normalized spacial score (nSPS) is 25.4. The second kappa shape index (κ2) is 15.0. The van der Waals surface area contributed by atoms with Gasteiger partial charge in [-0.1, -0.05) is 71.4 Å². The van der Waals surface area contributed by atoms with E-state index >= 15 is 16.8 Å². The van der Waals surface area contributed by atoms with Crippen LogP contribution in [0, 0.1) is 44.9 Å². The van der Waals surface area contributed by atoms with Crippen molar-refractivity contribution in [3.8, 4) is 0 Å². The van der Waals surface area contributed by atoms with Crippen LogP contribution in [0.2, 0.25) is 0 Å². The molecule has 0 aromatic heterocycles. The Kier molecular flexibility index (Phi) is 11.5. The van der Waals surface area contributed by atoms with Crippen molar-refractivity contribution in [2.24, 2.45) is 22.2 Å². The van der Waals surface area contributed by atoms with Gasteiger partial charge in [-0.25, -0.2) is 21.8 Å². The number of aliphatic imine (C=N–C) groups is 1. The maximum Gasteiger partial charge on any atom is 0.249 e. The number of ether oxygens (including phenoxy) is 1. The lowest BCUT2D eigenvalue weighted by molar-refractivity contribution is 0.145. The lowest BCUT2D eigenvalue weighted by atomic mass is 9.75. The highest BCUT2D eigenvalue weighted by atomic mass is 32.2. The Morgan fingerprint density at radius 3 is 1.38 bits per heavy atom. The minimum Gasteiger partial charge on any atom is -0.477 e. The maximum atomic E-state index is 15.5. The van der Waals surface area contributed by atoms with E-state index in [0.717, 1.165) is 86.5 Å². The minimum absolute atomic E-state index is 0.0112. The van der Waals surface area contributed by atoms with Crippen LogP contribution >= 0.6 is 8.45 Å². The molecule has 6 rings (SSSR count). The third-order valence-corrected chi connectivity index (χ3v) is 18.5. The molecule has 12 heteroatoms. The van der Waals surface area contributed by atoms with Crippen molar-refractivity contribution in [1.82, 2.24) is 8.15 Å². The van der Waals surface area contributed by atoms with Gasteiger partial charge in [-0.05, 0) is 131 Å². The number of hydrogen-bond donors (Lipinski definition) is 0. The number of aryl methyl sites for hydroxylation is 4. The van der Waals surface area contributed by atoms with Crippen molar-refractivity contribution < 1.29 is 26.1 Å². The van der Waals surface area contributed by atoms with Gasteiger partial charge in [0.05, 0.1) is 27.9 Å². The van der Waals surface area contributed by atoms with Gasteiger partial charge in [0.25, 0.3) is 0 Å². The molecule has 288 valence electrons. The molecule has 2 aromatic carbocycles. The highest BCUT2D eigenvalue weighted by Gasteiger charge is 2.63. The Hall–Kier alpha value is -1.88. The molecular weight excluding hydrogens is 714 g/mol. The highest BCUT2D eigenvalue weighted by molar-refractivity contribution is 7.98. The number of hydrogen-bond acceptors (Lipinski definition) is 7. The van der Waals surface area contributed by atoms with E-state index < -0.39 is 46.2 Å². The molecule has 4 aliphatic rings. The van der Waals surface area contributed by atoms with E-state index in [9.17, 15) is 0 Å². The molecule has 0 radical (unpaired) electrons. The quantitative estimate of drug-likeness (QED) is 0.235. The van der Waals surface area contributed by atoms with Crippen LogP contribution < -0.4 is 0 Å². The van der Waals surface area contributed by atoms with Crippen LogP contribution in [0.4, 0.5) is 0 Å². The summed E-state index contributed by atoms with van der Waals surface area (Å²) in [6, 6.07) is 9.52. The number of sulfonamides is 2. The van der Waals surface area contributed by atoms with E-state index in [1.807, 2.05) is 53.7 Å². The van der Waals surface area contributed by atoms with E-state index in [1.165, 1.54) is 0 Å². The molecule has 2 aliphatic heterocycles. The van der Waals surface area contributed by atoms with E-state index in [2.05, 4.69) is 20.8 Å². The molecule has 0 N–H and O–H groups in total. The summed E-state index contributed by atoms with van der Waals surface area (Å²) in [6.45, 7) is 18.0. The Balaban J connectivity index is 1.62. The smallest absolute Gasteiger partial charge is 0.249 e. The first-order valence-corrected chi connectivity index (χ1v) is 23.3. The van der Waals surface area contributed by atoms with Crippen molar-refractivity contribution in [2.45, 2.75) is 160 Å². The summed E-state index contributed by atoms with van der Waals surface area (Å²) < 4.78 is 78.6. The third kappa shape index (κ3) is 7.92. The van der Waals surface area contributed by atoms with Crippen LogP contribution in [0.25, 0.3) is 0 Å². The average Bonchev–Trinajstić information content (AvgIpc) is 3.70. The Bertz CT molecular complexity index is 1730. The van der Waals surface area contributed by atoms with E-state index in [4.69, 9.17) is 14.3 Å². The lowest BCUT2D eigenvalue weighted by Gasteiger charge is -2.40. The van der Waals surface area contributed by atoms with Gasteiger partial charge >= 0.3 is 0 Å². The van der Waals surface area contributed by atoms with Crippen LogP contribution in [0.15, 0.2) is 51.2 Å². The fraction of sp³-hybridized carbons (Fsp3) is 0.675. The van der Waals surface area contributed by atoms with Crippen molar-refractivity contribution in [2.75, 3.05) is 6.61 Å². The van der Waals surface area contributed by atoms with Gasteiger partial charge < -0.3 is 9.26 Å². The van der Waals surface area contributed by atoms with E-state index in [0.29, 0.717) is 12.5 Å². The zero-order chi connectivity index (χ0) is 37.8. The summed E-state index contributed by atoms with van der Waals surface area (Å²) in [6.07, 6.45) is 9.53. The largest absolute Gasteiger partial charge is 0.477 e. The first-order valence-electron chi connectivity index (χ1n) is 19.3. The van der Waals surface area contributed by atoms with E-state index in [1.54, 1.807) is 32.4 Å². The zero-order valence-corrected chi connectivity index (χ0v) is 35.2. The number of rotatable bonds is 9. The SMILES string of the molecule is Cc1cc(C)cc(S(=O)(=O)N2[C@H](C3CCCCC3)[C@@H](C3CCCCC3)N(S(=O)(=O)c3cc(C)cc(C)c3)P2OC(C)(C)C2=N[C@@H](C(C)(C)C)CO2)c1. The Morgan fingerprint density at radius 1 is 0.654 bits per heavy atom. The summed E-state index contributed by atoms with van der Waals surface area (Å²) in [4.78, 5) is 5.32. The molecule has 3 atom stereocenters. The fourth-order valence-corrected chi connectivity index (χ4v) is 16.6. The molecule has 0 spiro atoms. The Morgan fingerprint density at radius 2 is 1.04 bits per heavy atom. The highest BCUT2D eigenvalue weighted by Crippen LogP contribution is 2.65. The lowest BCUT2D eigenvalue weighted by Crippen LogP contribution is -2.50. The molecule has 3 fully saturated rings. The van der Waals surface area contributed by atoms with Crippen LogP contribution in [-0.2, 0) is 29.3 Å². The Labute approximate surface area is 315 Å². The monoisotopic (exact) mass is 773 g/mol. The maximum absolute atomic E-state index is 15.5.